The fourth-order valence-corrected chi connectivity index (χ4v) is 2.53. The van der Waals surface area contributed by atoms with Gasteiger partial charge in [-0.2, -0.15) is 18.3 Å². The highest BCUT2D eigenvalue weighted by atomic mass is 35.5. The van der Waals surface area contributed by atoms with Crippen molar-refractivity contribution >= 4 is 22.5 Å². The lowest BCUT2D eigenvalue weighted by Gasteiger charge is -2.11. The number of aromatic nitrogens is 4. The summed E-state index contributed by atoms with van der Waals surface area (Å²) in [5, 5.41) is 5.51. The first-order valence-electron chi connectivity index (χ1n) is 7.44. The van der Waals surface area contributed by atoms with Gasteiger partial charge in [-0.3, -0.25) is 9.67 Å². The van der Waals surface area contributed by atoms with Gasteiger partial charge in [0.25, 0.3) is 0 Å². The minimum atomic E-state index is -4.24. The molecule has 25 heavy (non-hydrogen) atoms. The Bertz CT molecular complexity index is 895. The van der Waals surface area contributed by atoms with E-state index in [1.54, 1.807) is 36.1 Å². The lowest BCUT2D eigenvalue weighted by atomic mass is 10.2. The third-order valence-corrected chi connectivity index (χ3v) is 3.82. The molecule has 0 aliphatic carbocycles. The van der Waals surface area contributed by atoms with Crippen LogP contribution in [0, 0.1) is 6.92 Å². The van der Waals surface area contributed by atoms with E-state index in [-0.39, 0.29) is 0 Å². The SMILES string of the molecule is Cc1cc(Cn2cc3c(Cl)nccc3n2)ncc1OCCC(F)(F)F. The highest BCUT2D eigenvalue weighted by Gasteiger charge is 2.26. The number of ether oxygens (including phenoxy) is 1. The molecule has 0 unspecified atom stereocenters. The topological polar surface area (TPSA) is 52.8 Å². The Balaban J connectivity index is 1.70. The molecular formula is C16H14ClF3N4O. The maximum atomic E-state index is 12.2. The normalized spacial score (nSPS) is 11.9. The lowest BCUT2D eigenvalue weighted by molar-refractivity contribution is -0.139. The van der Waals surface area contributed by atoms with E-state index >= 15 is 0 Å². The number of alkyl halides is 3. The first-order chi connectivity index (χ1) is 11.8. The zero-order chi connectivity index (χ0) is 18.0. The molecule has 0 fully saturated rings. The second kappa shape index (κ2) is 6.87. The molecule has 3 aromatic rings. The van der Waals surface area contributed by atoms with Crippen molar-refractivity contribution in [2.45, 2.75) is 26.1 Å². The van der Waals surface area contributed by atoms with Gasteiger partial charge in [0, 0.05) is 12.4 Å². The largest absolute Gasteiger partial charge is 0.491 e. The van der Waals surface area contributed by atoms with Crippen LogP contribution >= 0.6 is 11.6 Å². The molecule has 3 aromatic heterocycles. The second-order valence-corrected chi connectivity index (χ2v) is 5.87. The van der Waals surface area contributed by atoms with Crippen LogP contribution in [-0.4, -0.2) is 32.5 Å². The zero-order valence-electron chi connectivity index (χ0n) is 13.2. The zero-order valence-corrected chi connectivity index (χ0v) is 14.0. The van der Waals surface area contributed by atoms with Crippen molar-refractivity contribution in [3.63, 3.8) is 0 Å². The Morgan fingerprint density at radius 3 is 2.76 bits per heavy atom. The van der Waals surface area contributed by atoms with Crippen LogP contribution in [0.25, 0.3) is 10.9 Å². The van der Waals surface area contributed by atoms with E-state index in [0.29, 0.717) is 28.7 Å². The predicted molar refractivity (Wildman–Crippen MR) is 86.8 cm³/mol. The molecule has 0 radical (unpaired) electrons. The Kier molecular flexibility index (Phi) is 4.80. The maximum absolute atomic E-state index is 12.2. The molecule has 0 saturated heterocycles. The second-order valence-electron chi connectivity index (χ2n) is 5.52. The number of pyridine rings is 2. The number of aryl methyl sites for hydroxylation is 1. The smallest absolute Gasteiger partial charge is 0.392 e. The number of rotatable bonds is 5. The minimum Gasteiger partial charge on any atom is -0.491 e. The summed E-state index contributed by atoms with van der Waals surface area (Å²) >= 11 is 6.02. The molecule has 9 heteroatoms. The molecule has 0 aliphatic rings. The Hall–Kier alpha value is -2.35. The van der Waals surface area contributed by atoms with Crippen LogP contribution in [0.2, 0.25) is 5.15 Å². The van der Waals surface area contributed by atoms with Crippen LogP contribution in [-0.2, 0) is 6.54 Å². The van der Waals surface area contributed by atoms with Crippen molar-refractivity contribution in [2.75, 3.05) is 6.61 Å². The highest BCUT2D eigenvalue weighted by molar-refractivity contribution is 6.34. The average molecular weight is 371 g/mol. The van der Waals surface area contributed by atoms with Crippen molar-refractivity contribution in [3.05, 3.63) is 47.1 Å². The summed E-state index contributed by atoms with van der Waals surface area (Å²) in [6.07, 6.45) is -0.450. The lowest BCUT2D eigenvalue weighted by Crippen LogP contribution is -2.13. The van der Waals surface area contributed by atoms with Gasteiger partial charge in [0.1, 0.15) is 10.9 Å². The van der Waals surface area contributed by atoms with Crippen molar-refractivity contribution in [1.82, 2.24) is 19.7 Å². The molecule has 5 nitrogen and oxygen atoms in total. The Morgan fingerprint density at radius 1 is 1.28 bits per heavy atom. The van der Waals surface area contributed by atoms with Gasteiger partial charge in [-0.25, -0.2) is 4.98 Å². The van der Waals surface area contributed by atoms with Gasteiger partial charge >= 0.3 is 6.18 Å². The number of hydrogen-bond donors (Lipinski definition) is 0. The van der Waals surface area contributed by atoms with Crippen molar-refractivity contribution in [2.24, 2.45) is 0 Å². The monoisotopic (exact) mass is 370 g/mol. The summed E-state index contributed by atoms with van der Waals surface area (Å²) in [5.74, 6) is 0.339. The Labute approximate surface area is 146 Å². The Morgan fingerprint density at radius 2 is 2.08 bits per heavy atom. The molecule has 0 N–H and O–H groups in total. The number of nitrogens with zero attached hydrogens (tertiary/aromatic N) is 4. The third kappa shape index (κ3) is 4.39. The highest BCUT2D eigenvalue weighted by Crippen LogP contribution is 2.23. The van der Waals surface area contributed by atoms with Gasteiger partial charge in [-0.1, -0.05) is 11.6 Å². The van der Waals surface area contributed by atoms with Gasteiger partial charge in [-0.05, 0) is 24.6 Å². The first kappa shape index (κ1) is 17.5. The van der Waals surface area contributed by atoms with Crippen molar-refractivity contribution in [3.8, 4) is 5.75 Å². The molecule has 0 saturated carbocycles. The van der Waals surface area contributed by atoms with E-state index in [0.717, 1.165) is 10.9 Å². The quantitative estimate of drug-likeness (QED) is 0.633. The molecule has 3 heterocycles. The molecule has 0 aliphatic heterocycles. The van der Waals surface area contributed by atoms with Gasteiger partial charge < -0.3 is 4.74 Å². The van der Waals surface area contributed by atoms with Gasteiger partial charge in [0.2, 0.25) is 0 Å². The van der Waals surface area contributed by atoms with Crippen LogP contribution in [0.1, 0.15) is 17.7 Å². The molecule has 132 valence electrons. The minimum absolute atomic E-state index is 0.339. The van der Waals surface area contributed by atoms with E-state index < -0.39 is 19.2 Å². The van der Waals surface area contributed by atoms with Gasteiger partial charge in [-0.15, -0.1) is 0 Å². The van der Waals surface area contributed by atoms with Crippen LogP contribution in [0.3, 0.4) is 0 Å². The summed E-state index contributed by atoms with van der Waals surface area (Å²) in [6.45, 7) is 1.73. The van der Waals surface area contributed by atoms with E-state index in [2.05, 4.69) is 15.1 Å². The van der Waals surface area contributed by atoms with E-state index in [1.807, 2.05) is 0 Å². The number of fused-ring (bicyclic) bond motifs is 1. The number of halogens is 4. The van der Waals surface area contributed by atoms with E-state index in [4.69, 9.17) is 16.3 Å². The van der Waals surface area contributed by atoms with Crippen LogP contribution in [0.4, 0.5) is 13.2 Å². The average Bonchev–Trinajstić information content (AvgIpc) is 2.92. The molecule has 0 bridgehead atoms. The van der Waals surface area contributed by atoms with Gasteiger partial charge in [0.15, 0.2) is 0 Å². The molecule has 0 amide bonds. The van der Waals surface area contributed by atoms with E-state index in [9.17, 15) is 13.2 Å². The maximum Gasteiger partial charge on any atom is 0.392 e. The van der Waals surface area contributed by atoms with Crippen molar-refractivity contribution < 1.29 is 17.9 Å². The van der Waals surface area contributed by atoms with Crippen LogP contribution < -0.4 is 4.74 Å². The van der Waals surface area contributed by atoms with Crippen LogP contribution in [0.5, 0.6) is 5.75 Å². The summed E-state index contributed by atoms with van der Waals surface area (Å²) in [6, 6.07) is 3.52. The van der Waals surface area contributed by atoms with Gasteiger partial charge in [0.05, 0.1) is 42.4 Å². The van der Waals surface area contributed by atoms with E-state index in [1.165, 1.54) is 6.20 Å². The standard InChI is InChI=1S/C16H14ClF3N4O/c1-10-6-11(22-7-14(10)25-5-3-16(18,19)20)8-24-9-12-13(23-24)2-4-21-15(12)17/h2,4,6-7,9H,3,5,8H2,1H3. The molecule has 0 aromatic carbocycles. The van der Waals surface area contributed by atoms with Crippen molar-refractivity contribution in [1.29, 1.82) is 0 Å². The summed E-state index contributed by atoms with van der Waals surface area (Å²) < 4.78 is 43.3. The summed E-state index contributed by atoms with van der Waals surface area (Å²) in [7, 11) is 0. The molecule has 3 rings (SSSR count). The fraction of sp³-hybridized carbons (Fsp3) is 0.312. The predicted octanol–water partition coefficient (Wildman–Crippen LogP) is 4.17. The van der Waals surface area contributed by atoms with Crippen LogP contribution in [0.15, 0.2) is 30.7 Å². The first-order valence-corrected chi connectivity index (χ1v) is 7.82. The summed E-state index contributed by atoms with van der Waals surface area (Å²) in [5.41, 5.74) is 2.14. The molecule has 0 atom stereocenters. The number of hydrogen-bond acceptors (Lipinski definition) is 4. The third-order valence-electron chi connectivity index (χ3n) is 3.52. The summed E-state index contributed by atoms with van der Waals surface area (Å²) in [4.78, 5) is 8.23. The fourth-order valence-electron chi connectivity index (χ4n) is 2.32. The molecular weight excluding hydrogens is 357 g/mol. The molecule has 0 spiro atoms.